The zero-order chi connectivity index (χ0) is 14.1. The maximum atomic E-state index is 10.7. The van der Waals surface area contributed by atoms with E-state index in [0.717, 1.165) is 37.8 Å². The minimum Gasteiger partial charge on any atom is -0.389 e. The standard InChI is InChI=1S/C16H28N2O/c1-5-13(2)18-11-6-14(17-18)12-16(19)9-7-15(3,4)8-10-16/h6,11,13,19H,5,7-10,12H2,1-4H3. The van der Waals surface area contributed by atoms with Gasteiger partial charge in [0.25, 0.3) is 0 Å². The van der Waals surface area contributed by atoms with Crippen LogP contribution < -0.4 is 0 Å². The summed E-state index contributed by atoms with van der Waals surface area (Å²) in [6, 6.07) is 2.50. The molecule has 1 N–H and O–H groups in total. The second-order valence-corrected chi connectivity index (χ2v) is 7.11. The molecule has 1 atom stereocenters. The molecule has 0 spiro atoms. The van der Waals surface area contributed by atoms with Crippen LogP contribution in [0.4, 0.5) is 0 Å². The Bertz CT molecular complexity index is 412. The van der Waals surface area contributed by atoms with Crippen LogP contribution in [0, 0.1) is 5.41 Å². The van der Waals surface area contributed by atoms with E-state index in [2.05, 4.69) is 38.9 Å². The van der Waals surface area contributed by atoms with Crippen molar-refractivity contribution >= 4 is 0 Å². The third-order valence-corrected chi connectivity index (χ3v) is 4.75. The average molecular weight is 264 g/mol. The fraction of sp³-hybridized carbons (Fsp3) is 0.812. The fourth-order valence-corrected chi connectivity index (χ4v) is 2.81. The first-order valence-electron chi connectivity index (χ1n) is 7.60. The Morgan fingerprint density at radius 3 is 2.53 bits per heavy atom. The highest BCUT2D eigenvalue weighted by Crippen LogP contribution is 2.41. The van der Waals surface area contributed by atoms with Crippen LogP contribution in [0.2, 0.25) is 0 Å². The third kappa shape index (κ3) is 3.59. The lowest BCUT2D eigenvalue weighted by atomic mass is 9.70. The first kappa shape index (κ1) is 14.6. The summed E-state index contributed by atoms with van der Waals surface area (Å²) in [5, 5.41) is 15.3. The first-order valence-corrected chi connectivity index (χ1v) is 7.60. The highest BCUT2D eigenvalue weighted by molar-refractivity contribution is 5.06. The van der Waals surface area contributed by atoms with Crippen molar-refractivity contribution in [3.05, 3.63) is 18.0 Å². The molecule has 1 fully saturated rings. The van der Waals surface area contributed by atoms with Crippen LogP contribution in [0.15, 0.2) is 12.3 Å². The monoisotopic (exact) mass is 264 g/mol. The molecule has 1 aliphatic carbocycles. The molecule has 108 valence electrons. The molecule has 1 saturated carbocycles. The lowest BCUT2D eigenvalue weighted by molar-refractivity contribution is -0.0259. The molecule has 3 nitrogen and oxygen atoms in total. The molecule has 0 saturated heterocycles. The molecule has 19 heavy (non-hydrogen) atoms. The van der Waals surface area contributed by atoms with Gasteiger partial charge in [-0.3, -0.25) is 4.68 Å². The molecule has 3 heteroatoms. The van der Waals surface area contributed by atoms with Gasteiger partial charge in [0.05, 0.1) is 11.3 Å². The van der Waals surface area contributed by atoms with Gasteiger partial charge in [-0.1, -0.05) is 20.8 Å². The number of hydrogen-bond acceptors (Lipinski definition) is 2. The summed E-state index contributed by atoms with van der Waals surface area (Å²) in [5.74, 6) is 0. The first-order chi connectivity index (χ1) is 8.84. The summed E-state index contributed by atoms with van der Waals surface area (Å²) < 4.78 is 2.02. The lowest BCUT2D eigenvalue weighted by Gasteiger charge is -2.40. The van der Waals surface area contributed by atoms with E-state index in [1.165, 1.54) is 0 Å². The Morgan fingerprint density at radius 1 is 1.32 bits per heavy atom. The van der Waals surface area contributed by atoms with Gasteiger partial charge < -0.3 is 5.11 Å². The summed E-state index contributed by atoms with van der Waals surface area (Å²) in [7, 11) is 0. The topological polar surface area (TPSA) is 38.0 Å². The molecule has 1 heterocycles. The van der Waals surface area contributed by atoms with Crippen LogP contribution in [-0.2, 0) is 6.42 Å². The van der Waals surface area contributed by atoms with Crippen LogP contribution in [0.5, 0.6) is 0 Å². The van der Waals surface area contributed by atoms with E-state index in [0.29, 0.717) is 17.9 Å². The van der Waals surface area contributed by atoms with Crippen molar-refractivity contribution < 1.29 is 5.11 Å². The summed E-state index contributed by atoms with van der Waals surface area (Å²) in [5.41, 5.74) is 0.884. The van der Waals surface area contributed by atoms with E-state index >= 15 is 0 Å². The summed E-state index contributed by atoms with van der Waals surface area (Å²) in [6.07, 6.45) is 7.84. The van der Waals surface area contributed by atoms with Crippen LogP contribution in [0.3, 0.4) is 0 Å². The second-order valence-electron chi connectivity index (χ2n) is 7.11. The van der Waals surface area contributed by atoms with Crippen molar-refractivity contribution in [1.29, 1.82) is 0 Å². The molecule has 0 aliphatic heterocycles. The minimum atomic E-state index is -0.538. The molecular formula is C16H28N2O. The van der Waals surface area contributed by atoms with Crippen molar-refractivity contribution in [2.45, 2.75) is 77.9 Å². The molecule has 0 amide bonds. The van der Waals surface area contributed by atoms with E-state index in [9.17, 15) is 5.11 Å². The highest BCUT2D eigenvalue weighted by Gasteiger charge is 2.37. The van der Waals surface area contributed by atoms with Crippen LogP contribution >= 0.6 is 0 Å². The van der Waals surface area contributed by atoms with E-state index in [4.69, 9.17) is 0 Å². The van der Waals surface area contributed by atoms with Crippen molar-refractivity contribution in [2.24, 2.45) is 5.41 Å². The average Bonchev–Trinajstić information content (AvgIpc) is 2.81. The summed E-state index contributed by atoms with van der Waals surface area (Å²) >= 11 is 0. The third-order valence-electron chi connectivity index (χ3n) is 4.75. The van der Waals surface area contributed by atoms with Crippen LogP contribution in [0.25, 0.3) is 0 Å². The van der Waals surface area contributed by atoms with Crippen LogP contribution in [0.1, 0.15) is 71.5 Å². The predicted molar refractivity (Wildman–Crippen MR) is 78.1 cm³/mol. The largest absolute Gasteiger partial charge is 0.389 e. The second kappa shape index (κ2) is 5.28. The number of rotatable bonds is 4. The molecule has 1 unspecified atom stereocenters. The van der Waals surface area contributed by atoms with E-state index in [1.54, 1.807) is 0 Å². The highest BCUT2D eigenvalue weighted by atomic mass is 16.3. The van der Waals surface area contributed by atoms with Crippen molar-refractivity contribution in [2.75, 3.05) is 0 Å². The van der Waals surface area contributed by atoms with Gasteiger partial charge in [-0.25, -0.2) is 0 Å². The van der Waals surface area contributed by atoms with Gasteiger partial charge in [-0.15, -0.1) is 0 Å². The maximum absolute atomic E-state index is 10.7. The molecule has 1 aromatic rings. The SMILES string of the molecule is CCC(C)n1ccc(CC2(O)CCC(C)(C)CC2)n1. The van der Waals surface area contributed by atoms with Gasteiger partial charge in [-0.2, -0.15) is 5.10 Å². The van der Waals surface area contributed by atoms with Gasteiger partial charge in [0, 0.05) is 18.7 Å². The Balaban J connectivity index is 1.99. The Hall–Kier alpha value is -0.830. The number of hydrogen-bond donors (Lipinski definition) is 1. The zero-order valence-electron chi connectivity index (χ0n) is 12.8. The van der Waals surface area contributed by atoms with Crippen molar-refractivity contribution in [3.63, 3.8) is 0 Å². The number of aliphatic hydroxyl groups is 1. The quantitative estimate of drug-likeness (QED) is 0.900. The molecular weight excluding hydrogens is 236 g/mol. The van der Waals surface area contributed by atoms with Crippen molar-refractivity contribution in [1.82, 2.24) is 9.78 Å². The van der Waals surface area contributed by atoms with Crippen molar-refractivity contribution in [3.8, 4) is 0 Å². The Morgan fingerprint density at radius 2 is 1.95 bits per heavy atom. The van der Waals surface area contributed by atoms with Gasteiger partial charge in [0.1, 0.15) is 0 Å². The maximum Gasteiger partial charge on any atom is 0.0704 e. The molecule has 2 rings (SSSR count). The van der Waals surface area contributed by atoms with E-state index < -0.39 is 5.60 Å². The zero-order valence-corrected chi connectivity index (χ0v) is 12.8. The van der Waals surface area contributed by atoms with Gasteiger partial charge >= 0.3 is 0 Å². The Kier molecular flexibility index (Phi) is 4.05. The van der Waals surface area contributed by atoms with Crippen LogP contribution in [-0.4, -0.2) is 20.5 Å². The van der Waals surface area contributed by atoms with Gasteiger partial charge in [0.2, 0.25) is 0 Å². The van der Waals surface area contributed by atoms with E-state index in [-0.39, 0.29) is 0 Å². The number of aromatic nitrogens is 2. The molecule has 0 aromatic carbocycles. The molecule has 0 radical (unpaired) electrons. The molecule has 0 bridgehead atoms. The molecule has 1 aliphatic rings. The summed E-state index contributed by atoms with van der Waals surface area (Å²) in [4.78, 5) is 0. The lowest BCUT2D eigenvalue weighted by Crippen LogP contribution is -2.38. The fourth-order valence-electron chi connectivity index (χ4n) is 2.81. The number of nitrogens with zero attached hydrogens (tertiary/aromatic N) is 2. The smallest absolute Gasteiger partial charge is 0.0704 e. The van der Waals surface area contributed by atoms with Gasteiger partial charge in [0.15, 0.2) is 0 Å². The summed E-state index contributed by atoms with van der Waals surface area (Å²) in [6.45, 7) is 8.94. The minimum absolute atomic E-state index is 0.391. The Labute approximate surface area is 117 Å². The normalized spacial score (nSPS) is 23.2. The van der Waals surface area contributed by atoms with Gasteiger partial charge in [-0.05, 0) is 50.5 Å². The molecule has 1 aromatic heterocycles. The van der Waals surface area contributed by atoms with E-state index in [1.807, 2.05) is 10.9 Å². The predicted octanol–water partition coefficient (Wildman–Crippen LogP) is 3.73.